The van der Waals surface area contributed by atoms with E-state index in [1.54, 1.807) is 18.3 Å². The number of pyridine rings is 1. The molecule has 0 aliphatic carbocycles. The molecule has 1 aliphatic heterocycles. The predicted molar refractivity (Wildman–Crippen MR) is 94.0 cm³/mol. The van der Waals surface area contributed by atoms with Crippen molar-refractivity contribution in [1.29, 1.82) is 0 Å². The molecule has 0 unspecified atom stereocenters. The lowest BCUT2D eigenvalue weighted by atomic mass is 10.1. The van der Waals surface area contributed by atoms with Crippen LogP contribution in [0.1, 0.15) is 23.2 Å². The van der Waals surface area contributed by atoms with Gasteiger partial charge in [0, 0.05) is 36.6 Å². The summed E-state index contributed by atoms with van der Waals surface area (Å²) in [7, 11) is 0. The Morgan fingerprint density at radius 1 is 1.17 bits per heavy atom. The molecular weight excluding hydrogens is 380 g/mol. The molecule has 1 aliphatic rings. The van der Waals surface area contributed by atoms with E-state index in [4.69, 9.17) is 16.3 Å². The zero-order valence-corrected chi connectivity index (χ0v) is 14.8. The quantitative estimate of drug-likeness (QED) is 0.726. The van der Waals surface area contributed by atoms with Gasteiger partial charge in [0.25, 0.3) is 0 Å². The zero-order chi connectivity index (χ0) is 16.2. The number of rotatable bonds is 3. The molecule has 0 saturated carbocycles. The van der Waals surface area contributed by atoms with Crippen LogP contribution in [0.4, 0.5) is 5.82 Å². The van der Waals surface area contributed by atoms with Crippen molar-refractivity contribution < 1.29 is 9.53 Å². The van der Waals surface area contributed by atoms with E-state index in [1.807, 2.05) is 24.3 Å². The zero-order valence-electron chi connectivity index (χ0n) is 12.4. The number of nitrogens with zero attached hydrogens (tertiary/aromatic N) is 2. The Bertz CT molecular complexity index is 668. The molecule has 23 heavy (non-hydrogen) atoms. The third kappa shape index (κ3) is 4.24. The number of piperidine rings is 1. The number of ether oxygens (including phenoxy) is 1. The number of halogens is 2. The number of esters is 1. The first-order chi connectivity index (χ1) is 11.1. The van der Waals surface area contributed by atoms with E-state index in [-0.39, 0.29) is 12.1 Å². The summed E-state index contributed by atoms with van der Waals surface area (Å²) in [6.07, 6.45) is 3.20. The van der Waals surface area contributed by atoms with Crippen LogP contribution >= 0.6 is 27.5 Å². The number of carbonyl (C=O) groups is 1. The highest BCUT2D eigenvalue weighted by Crippen LogP contribution is 2.22. The summed E-state index contributed by atoms with van der Waals surface area (Å²) in [6.45, 7) is 1.62. The van der Waals surface area contributed by atoms with Crippen molar-refractivity contribution in [3.8, 4) is 0 Å². The third-order valence-electron chi connectivity index (χ3n) is 3.83. The number of carbonyl (C=O) groups excluding carboxylic acids is 1. The summed E-state index contributed by atoms with van der Waals surface area (Å²) in [5, 5.41) is 0.632. The van der Waals surface area contributed by atoms with Gasteiger partial charge in [-0.15, -0.1) is 0 Å². The standard InChI is InChI=1S/C17H16BrClN2O2/c18-13-3-1-12(2-4-13)17(22)23-15-7-9-21(10-8-15)16-6-5-14(19)11-20-16/h1-6,11,15H,7-10H2. The van der Waals surface area contributed by atoms with Crippen LogP contribution in [0, 0.1) is 0 Å². The lowest BCUT2D eigenvalue weighted by molar-refractivity contribution is 0.0245. The molecule has 0 bridgehead atoms. The fourth-order valence-electron chi connectivity index (χ4n) is 2.56. The molecule has 1 saturated heterocycles. The number of hydrogen-bond donors (Lipinski definition) is 0. The van der Waals surface area contributed by atoms with Crippen LogP contribution in [0.3, 0.4) is 0 Å². The minimum Gasteiger partial charge on any atom is -0.459 e. The normalized spacial score (nSPS) is 15.5. The lowest BCUT2D eigenvalue weighted by Gasteiger charge is -2.32. The average Bonchev–Trinajstić information content (AvgIpc) is 2.57. The first kappa shape index (κ1) is 16.3. The van der Waals surface area contributed by atoms with E-state index in [0.29, 0.717) is 10.6 Å². The fourth-order valence-corrected chi connectivity index (χ4v) is 2.94. The van der Waals surface area contributed by atoms with Crippen LogP contribution in [-0.2, 0) is 4.74 Å². The van der Waals surface area contributed by atoms with Crippen molar-refractivity contribution in [1.82, 2.24) is 4.98 Å². The number of hydrogen-bond acceptors (Lipinski definition) is 4. The van der Waals surface area contributed by atoms with E-state index in [2.05, 4.69) is 25.8 Å². The molecule has 2 heterocycles. The molecule has 0 atom stereocenters. The molecule has 1 fully saturated rings. The Kier molecular flexibility index (Phi) is 5.18. The van der Waals surface area contributed by atoms with Crippen LogP contribution in [0.15, 0.2) is 47.1 Å². The number of aromatic nitrogens is 1. The maximum atomic E-state index is 12.1. The Morgan fingerprint density at radius 2 is 1.87 bits per heavy atom. The van der Waals surface area contributed by atoms with Crippen molar-refractivity contribution >= 4 is 39.3 Å². The Hall–Kier alpha value is -1.59. The Balaban J connectivity index is 1.53. The first-order valence-electron chi connectivity index (χ1n) is 7.45. The fraction of sp³-hybridized carbons (Fsp3) is 0.294. The molecule has 0 radical (unpaired) electrons. The summed E-state index contributed by atoms with van der Waals surface area (Å²) < 4.78 is 6.54. The molecule has 2 aromatic rings. The van der Waals surface area contributed by atoms with Crippen LogP contribution in [0.25, 0.3) is 0 Å². The van der Waals surface area contributed by atoms with Gasteiger partial charge in [0.05, 0.1) is 10.6 Å². The molecule has 3 rings (SSSR count). The minimum atomic E-state index is -0.263. The smallest absolute Gasteiger partial charge is 0.338 e. The van der Waals surface area contributed by atoms with E-state index in [9.17, 15) is 4.79 Å². The molecule has 0 spiro atoms. The highest BCUT2D eigenvalue weighted by molar-refractivity contribution is 9.10. The molecule has 1 aromatic carbocycles. The van der Waals surface area contributed by atoms with Gasteiger partial charge in [-0.2, -0.15) is 0 Å². The summed E-state index contributed by atoms with van der Waals surface area (Å²) in [5.41, 5.74) is 0.579. The van der Waals surface area contributed by atoms with Gasteiger partial charge in [0.2, 0.25) is 0 Å². The second kappa shape index (κ2) is 7.32. The summed E-state index contributed by atoms with van der Waals surface area (Å²) in [6, 6.07) is 11.0. The summed E-state index contributed by atoms with van der Waals surface area (Å²) in [4.78, 5) is 18.6. The molecule has 6 heteroatoms. The van der Waals surface area contributed by atoms with Crippen molar-refractivity contribution in [3.63, 3.8) is 0 Å². The summed E-state index contributed by atoms with van der Waals surface area (Å²) in [5.74, 6) is 0.646. The minimum absolute atomic E-state index is 0.0466. The Labute approximate surface area is 148 Å². The molecule has 0 N–H and O–H groups in total. The highest BCUT2D eigenvalue weighted by Gasteiger charge is 2.23. The van der Waals surface area contributed by atoms with E-state index >= 15 is 0 Å². The van der Waals surface area contributed by atoms with Gasteiger partial charge in [-0.3, -0.25) is 0 Å². The van der Waals surface area contributed by atoms with Gasteiger partial charge in [0.15, 0.2) is 0 Å². The maximum absolute atomic E-state index is 12.1. The van der Waals surface area contributed by atoms with Crippen molar-refractivity contribution in [3.05, 3.63) is 57.7 Å². The van der Waals surface area contributed by atoms with Crippen molar-refractivity contribution in [2.75, 3.05) is 18.0 Å². The maximum Gasteiger partial charge on any atom is 0.338 e. The van der Waals surface area contributed by atoms with Crippen LogP contribution in [0.2, 0.25) is 5.02 Å². The second-order valence-electron chi connectivity index (χ2n) is 5.43. The van der Waals surface area contributed by atoms with E-state index in [0.717, 1.165) is 36.2 Å². The van der Waals surface area contributed by atoms with Crippen LogP contribution < -0.4 is 4.90 Å². The van der Waals surface area contributed by atoms with Gasteiger partial charge in [0.1, 0.15) is 11.9 Å². The summed E-state index contributed by atoms with van der Waals surface area (Å²) >= 11 is 9.21. The van der Waals surface area contributed by atoms with Gasteiger partial charge < -0.3 is 9.64 Å². The van der Waals surface area contributed by atoms with Crippen LogP contribution in [-0.4, -0.2) is 30.1 Å². The lowest BCUT2D eigenvalue weighted by Crippen LogP contribution is -2.38. The van der Waals surface area contributed by atoms with Gasteiger partial charge >= 0.3 is 5.97 Å². The van der Waals surface area contributed by atoms with E-state index < -0.39 is 0 Å². The first-order valence-corrected chi connectivity index (χ1v) is 8.62. The molecular formula is C17H16BrClN2O2. The predicted octanol–water partition coefficient (Wildman–Crippen LogP) is 4.32. The monoisotopic (exact) mass is 394 g/mol. The van der Waals surface area contributed by atoms with Crippen molar-refractivity contribution in [2.24, 2.45) is 0 Å². The topological polar surface area (TPSA) is 42.4 Å². The van der Waals surface area contributed by atoms with Crippen molar-refractivity contribution in [2.45, 2.75) is 18.9 Å². The average molecular weight is 396 g/mol. The van der Waals surface area contributed by atoms with Gasteiger partial charge in [-0.1, -0.05) is 27.5 Å². The largest absolute Gasteiger partial charge is 0.459 e. The van der Waals surface area contributed by atoms with Crippen LogP contribution in [0.5, 0.6) is 0 Å². The highest BCUT2D eigenvalue weighted by atomic mass is 79.9. The Morgan fingerprint density at radius 3 is 2.48 bits per heavy atom. The van der Waals surface area contributed by atoms with Gasteiger partial charge in [-0.25, -0.2) is 9.78 Å². The van der Waals surface area contributed by atoms with E-state index in [1.165, 1.54) is 0 Å². The third-order valence-corrected chi connectivity index (χ3v) is 4.58. The molecule has 1 aromatic heterocycles. The number of anilines is 1. The SMILES string of the molecule is O=C(OC1CCN(c2ccc(Cl)cn2)CC1)c1ccc(Br)cc1. The molecule has 120 valence electrons. The number of benzene rings is 1. The molecule has 0 amide bonds. The van der Waals surface area contributed by atoms with Gasteiger partial charge in [-0.05, 0) is 36.4 Å². The molecule has 4 nitrogen and oxygen atoms in total. The second-order valence-corrected chi connectivity index (χ2v) is 6.79.